The summed E-state index contributed by atoms with van der Waals surface area (Å²) in [5.41, 5.74) is 5.75. The van der Waals surface area contributed by atoms with Crippen molar-refractivity contribution < 1.29 is 37.7 Å². The molecule has 0 aromatic heterocycles. The number of allylic oxidation sites excluding steroid dienone is 1. The summed E-state index contributed by atoms with van der Waals surface area (Å²) in [7, 11) is -6.45. The second-order valence-electron chi connectivity index (χ2n) is 6.74. The summed E-state index contributed by atoms with van der Waals surface area (Å²) in [4.78, 5) is 11.1. The molecular formula is C27H25BF4N2OPRe-2. The molecule has 0 spiro atoms. The van der Waals surface area contributed by atoms with Crippen molar-refractivity contribution in [3.05, 3.63) is 146 Å². The molecule has 6 radical (unpaired) electrons. The molecule has 3 aromatic rings. The van der Waals surface area contributed by atoms with E-state index in [1.54, 1.807) is 6.21 Å². The first-order valence-electron chi connectivity index (χ1n) is 10.8. The molecule has 5 rings (SSSR count). The maximum Gasteiger partial charge on any atom is 0.673 e. The van der Waals surface area contributed by atoms with E-state index in [0.717, 1.165) is 6.54 Å². The van der Waals surface area contributed by atoms with Crippen LogP contribution in [0.25, 0.3) is 5.59 Å². The Morgan fingerprint density at radius 3 is 1.11 bits per heavy atom. The van der Waals surface area contributed by atoms with Gasteiger partial charge in [0.15, 0.2) is 0 Å². The quantitative estimate of drug-likeness (QED) is 0.171. The van der Waals surface area contributed by atoms with Crippen LogP contribution < -0.4 is 15.9 Å². The molecule has 194 valence electrons. The molecule has 0 N–H and O–H groups in total. The Labute approximate surface area is 231 Å². The van der Waals surface area contributed by atoms with Crippen LogP contribution in [-0.2, 0) is 20.4 Å². The molecule has 1 aliphatic heterocycles. The molecule has 2 aliphatic rings. The summed E-state index contributed by atoms with van der Waals surface area (Å²) < 4.78 is 39.0. The summed E-state index contributed by atoms with van der Waals surface area (Å²) in [5, 5.41) is 4.19. The van der Waals surface area contributed by atoms with E-state index in [4.69, 9.17) is 10.5 Å². The Bertz CT molecular complexity index is 876. The van der Waals surface area contributed by atoms with Crippen molar-refractivity contribution in [1.29, 1.82) is 0 Å². The molecule has 0 saturated heterocycles. The molecule has 10 heteroatoms. The van der Waals surface area contributed by atoms with Crippen molar-refractivity contribution in [2.24, 2.45) is 4.99 Å². The van der Waals surface area contributed by atoms with Gasteiger partial charge in [0.25, 0.3) is 0 Å². The van der Waals surface area contributed by atoms with Crippen LogP contribution >= 0.6 is 7.92 Å². The predicted octanol–water partition coefficient (Wildman–Crippen LogP) is 6.71. The van der Waals surface area contributed by atoms with Crippen LogP contribution in [-0.4, -0.2) is 20.0 Å². The van der Waals surface area contributed by atoms with Crippen molar-refractivity contribution >= 4 is 37.3 Å². The van der Waals surface area contributed by atoms with Gasteiger partial charge >= 0.3 is 7.25 Å². The molecule has 1 saturated carbocycles. The number of nitroso groups, excluding NO2 is 1. The Kier molecular flexibility index (Phi) is 20.2. The number of hydrogen-bond donors (Lipinski definition) is 0. The zero-order chi connectivity index (χ0) is 26.5. The van der Waals surface area contributed by atoms with Crippen LogP contribution in [0.2, 0.25) is 0 Å². The molecule has 37 heavy (non-hydrogen) atoms. The normalized spacial score (nSPS) is 12.8. The van der Waals surface area contributed by atoms with Gasteiger partial charge in [0.2, 0.25) is 0 Å². The van der Waals surface area contributed by atoms with E-state index in [1.165, 1.54) is 15.9 Å². The average Bonchev–Trinajstić information content (AvgIpc) is 3.66. The Hall–Kier alpha value is -2.45. The van der Waals surface area contributed by atoms with E-state index in [9.17, 15) is 17.3 Å². The number of halogens is 4. The van der Waals surface area contributed by atoms with Crippen LogP contribution in [0.15, 0.2) is 108 Å². The van der Waals surface area contributed by atoms with E-state index in [2.05, 4.69) is 96.0 Å². The largest absolute Gasteiger partial charge is 0.673 e. The predicted molar refractivity (Wildman–Crippen MR) is 146 cm³/mol. The summed E-state index contributed by atoms with van der Waals surface area (Å²) in [5.74, 6) is 0. The minimum Gasteiger partial charge on any atom is -0.577 e. The third kappa shape index (κ3) is 17.6. The smallest absolute Gasteiger partial charge is 0.577 e. The third-order valence-electron chi connectivity index (χ3n) is 4.14. The van der Waals surface area contributed by atoms with E-state index in [1.807, 2.05) is 44.3 Å². The van der Waals surface area contributed by atoms with Gasteiger partial charge in [-0.05, 0) is 62.0 Å². The maximum atomic E-state index is 9.75. The van der Waals surface area contributed by atoms with Crippen molar-refractivity contribution in [3.8, 4) is 0 Å². The molecule has 0 unspecified atom stereocenters. The number of aliphatic imine (C=N–C) groups is 1. The van der Waals surface area contributed by atoms with Gasteiger partial charge in [-0.3, -0.25) is 4.99 Å². The fraction of sp³-hybridized carbons (Fsp3) is 0.0370. The van der Waals surface area contributed by atoms with E-state index < -0.39 is 15.2 Å². The second kappa shape index (κ2) is 21.6. The first-order chi connectivity index (χ1) is 17.4. The van der Waals surface area contributed by atoms with Gasteiger partial charge < -0.3 is 27.8 Å². The Balaban J connectivity index is 0.000000588. The monoisotopic (exact) mass is 698 g/mol. The van der Waals surface area contributed by atoms with Gasteiger partial charge in [0.1, 0.15) is 0 Å². The van der Waals surface area contributed by atoms with E-state index >= 15 is 0 Å². The second-order valence-corrected chi connectivity index (χ2v) is 8.96. The molecular weight excluding hydrogens is 672 g/mol. The summed E-state index contributed by atoms with van der Waals surface area (Å²) in [6, 6.07) is 32.3. The summed E-state index contributed by atoms with van der Waals surface area (Å²) in [6.07, 6.45) is 15.8. The molecule has 1 fully saturated rings. The van der Waals surface area contributed by atoms with E-state index in [-0.39, 0.29) is 20.4 Å². The standard InChI is InChI=1S/C18H15P.C5H5.C4H5N.BF4.NO.Re/c1-4-10-16(11-5-1)19(17-12-6-2-7-13-17)18-14-8-3-9-15-18;2*1-2-4-5-3-1;2-1(3,4)5;1-2;/h1-15H;1-5H;1-3H,4H2;;;/q;;;2*-1;. The van der Waals surface area contributed by atoms with Crippen molar-refractivity contribution in [2.75, 3.05) is 6.54 Å². The molecule has 3 nitrogen and oxygen atoms in total. The minimum atomic E-state index is -6.00. The minimum absolute atomic E-state index is 0. The number of nitrogens with zero attached hydrogens (tertiary/aromatic N) is 2. The van der Waals surface area contributed by atoms with Crippen molar-refractivity contribution in [3.63, 3.8) is 0 Å². The van der Waals surface area contributed by atoms with Gasteiger partial charge in [0.05, 0.1) is 6.54 Å². The fourth-order valence-corrected chi connectivity index (χ4v) is 5.11. The van der Waals surface area contributed by atoms with Crippen LogP contribution in [0.5, 0.6) is 0 Å². The van der Waals surface area contributed by atoms with Crippen LogP contribution in [0.4, 0.5) is 17.3 Å². The number of rotatable bonds is 3. The van der Waals surface area contributed by atoms with Crippen LogP contribution in [0.1, 0.15) is 0 Å². The first-order valence-corrected chi connectivity index (χ1v) is 12.1. The molecule has 0 bridgehead atoms. The molecule has 0 atom stereocenters. The summed E-state index contributed by atoms with van der Waals surface area (Å²) in [6.45, 7) is 0.889. The van der Waals surface area contributed by atoms with Crippen molar-refractivity contribution in [2.45, 2.75) is 0 Å². The SMILES string of the molecule is C1=CCN=C1.F[B-](F)(F)F.[CH]1[CH][CH][CH][CH]1.[N-]=O.[Re].c1ccc(P(c2ccccc2)c2ccccc2)cc1. The van der Waals surface area contributed by atoms with Crippen LogP contribution in [0, 0.1) is 37.0 Å². The average molecular weight is 697 g/mol. The van der Waals surface area contributed by atoms with Crippen molar-refractivity contribution in [1.82, 2.24) is 0 Å². The molecule has 3 aromatic carbocycles. The third-order valence-corrected chi connectivity index (χ3v) is 6.58. The van der Waals surface area contributed by atoms with Gasteiger partial charge in [0, 0.05) is 26.6 Å². The Morgan fingerprint density at radius 1 is 0.622 bits per heavy atom. The first kappa shape index (κ1) is 34.5. The summed E-state index contributed by atoms with van der Waals surface area (Å²) >= 11 is 0. The van der Waals surface area contributed by atoms with Gasteiger partial charge in [-0.25, -0.2) is 0 Å². The zero-order valence-electron chi connectivity index (χ0n) is 19.7. The van der Waals surface area contributed by atoms with E-state index in [0.29, 0.717) is 0 Å². The number of benzene rings is 3. The van der Waals surface area contributed by atoms with Crippen LogP contribution in [0.3, 0.4) is 0 Å². The van der Waals surface area contributed by atoms with Gasteiger partial charge in [-0.15, -0.1) is 0 Å². The van der Waals surface area contributed by atoms with Gasteiger partial charge in [-0.1, -0.05) is 97.1 Å². The topological polar surface area (TPSA) is 51.7 Å². The molecule has 0 amide bonds. The Morgan fingerprint density at radius 2 is 0.919 bits per heavy atom. The van der Waals surface area contributed by atoms with Gasteiger partial charge in [-0.2, -0.15) is 0 Å². The maximum absolute atomic E-state index is 9.75. The molecule has 1 aliphatic carbocycles. The number of hydrogen-bond acceptors (Lipinski definition) is 2. The fourth-order valence-electron chi connectivity index (χ4n) is 2.80. The zero-order valence-corrected chi connectivity index (χ0v) is 23.3. The molecule has 1 heterocycles.